The van der Waals surface area contributed by atoms with Gasteiger partial charge >= 0.3 is 72.1 Å². The van der Waals surface area contributed by atoms with Crippen molar-refractivity contribution in [1.29, 1.82) is 0 Å². The van der Waals surface area contributed by atoms with E-state index in [4.69, 9.17) is 13.2 Å². The van der Waals surface area contributed by atoms with Crippen LogP contribution < -0.4 is 3.02 Å². The molecule has 0 radical (unpaired) electrons. The van der Waals surface area contributed by atoms with E-state index in [1.807, 2.05) is 0 Å². The van der Waals surface area contributed by atoms with Crippen molar-refractivity contribution in [2.75, 3.05) is 0 Å². The second-order valence-corrected chi connectivity index (χ2v) is 2.41. The fourth-order valence-corrected chi connectivity index (χ4v) is 1.15. The number of rotatable bonds is 1. The van der Waals surface area contributed by atoms with E-state index in [0.29, 0.717) is 29.2 Å². The molecule has 54 valence electrons. The minimum absolute atomic E-state index is 0.146. The van der Waals surface area contributed by atoms with Crippen molar-refractivity contribution in [2.24, 2.45) is 0 Å². The van der Waals surface area contributed by atoms with Gasteiger partial charge in [0.05, 0.1) is 0 Å². The number of phenolic OH excluding ortho intramolecular Hbond substituents is 2. The maximum atomic E-state index is 9.04. The van der Waals surface area contributed by atoms with Gasteiger partial charge in [0.15, 0.2) is 0 Å². The Hall–Kier alpha value is -0.562. The quantitative estimate of drug-likeness (QED) is 0.545. The molecule has 1 aromatic carbocycles. The van der Waals surface area contributed by atoms with Crippen LogP contribution in [0.15, 0.2) is 18.2 Å². The molecular weight excluding hydrogens is 242 g/mol. The van der Waals surface area contributed by atoms with Crippen LogP contribution in [-0.2, 0) is 0 Å². The molecule has 0 fully saturated rings. The third-order valence-corrected chi connectivity index (χ3v) is 1.83. The van der Waals surface area contributed by atoms with Crippen LogP contribution in [0.25, 0.3) is 0 Å². The summed E-state index contributed by atoms with van der Waals surface area (Å²) in [4.78, 5) is 0. The van der Waals surface area contributed by atoms with Gasteiger partial charge in [-0.1, -0.05) is 0 Å². The van der Waals surface area contributed by atoms with E-state index >= 15 is 0 Å². The Bertz CT molecular complexity index is 236. The molecule has 0 atom stereocenters. The van der Waals surface area contributed by atoms with Crippen molar-refractivity contribution >= 4 is 23.4 Å². The van der Waals surface area contributed by atoms with Crippen LogP contribution in [0, 0.1) is 0 Å². The number of aromatic hydroxyl groups is 2. The average Bonchev–Trinajstić information content (AvgIpc) is 1.95. The minimum atomic E-state index is -0.185. The molecule has 1 rings (SSSR count). The number of benzene rings is 1. The van der Waals surface area contributed by atoms with Gasteiger partial charge in [0.2, 0.25) is 0 Å². The first-order chi connectivity index (χ1) is 4.75. The summed E-state index contributed by atoms with van der Waals surface area (Å²) < 4.78 is 4.85. The van der Waals surface area contributed by atoms with Crippen molar-refractivity contribution in [1.82, 2.24) is 0 Å². The summed E-state index contributed by atoms with van der Waals surface area (Å²) in [6.45, 7) is 0. The topological polar surface area (TPSA) is 49.7 Å². The summed E-state index contributed by atoms with van der Waals surface area (Å²) in [5, 5.41) is 18.0. The molecule has 2 N–H and O–H groups in total. The Morgan fingerprint density at radius 3 is 2.50 bits per heavy atom. The summed E-state index contributed by atoms with van der Waals surface area (Å²) in [5.41, 5.74) is 0. The van der Waals surface area contributed by atoms with Crippen molar-refractivity contribution in [3.8, 4) is 17.2 Å². The van der Waals surface area contributed by atoms with Gasteiger partial charge < -0.3 is 0 Å². The standard InChI is InChI=1S/C6H6O3.Sb.2H/c7-4-2-1-3-5(8)6(4)9;;;/h1-3,7-9H;;;/q;+1;;/p-1. The molecule has 0 aliphatic rings. The molecule has 10 heavy (non-hydrogen) atoms. The van der Waals surface area contributed by atoms with E-state index in [-0.39, 0.29) is 11.5 Å². The van der Waals surface area contributed by atoms with E-state index in [1.165, 1.54) is 6.07 Å². The monoisotopic (exact) mass is 248 g/mol. The Balaban J connectivity index is 3.14. The molecule has 0 saturated carbocycles. The van der Waals surface area contributed by atoms with Gasteiger partial charge in [-0.15, -0.1) is 0 Å². The molecular formula is C6H7O3Sb. The fourth-order valence-electron chi connectivity index (χ4n) is 0.606. The predicted octanol–water partition coefficient (Wildman–Crippen LogP) is 0.0247. The van der Waals surface area contributed by atoms with E-state index in [9.17, 15) is 0 Å². The van der Waals surface area contributed by atoms with Gasteiger partial charge in [0, 0.05) is 0 Å². The molecule has 4 heteroatoms. The van der Waals surface area contributed by atoms with Crippen molar-refractivity contribution in [3.05, 3.63) is 18.2 Å². The summed E-state index contributed by atoms with van der Waals surface area (Å²) >= 11 is 0.561. The molecule has 0 aliphatic heterocycles. The molecule has 3 nitrogen and oxygen atoms in total. The number of hydrogen-bond acceptors (Lipinski definition) is 3. The van der Waals surface area contributed by atoms with E-state index in [0.717, 1.165) is 0 Å². The van der Waals surface area contributed by atoms with Gasteiger partial charge in [-0.25, -0.2) is 0 Å². The first-order valence-corrected chi connectivity index (χ1v) is 3.98. The summed E-state index contributed by atoms with van der Waals surface area (Å²) in [6.07, 6.45) is 0. The Morgan fingerprint density at radius 2 is 2.00 bits per heavy atom. The second kappa shape index (κ2) is 3.02. The number of phenols is 2. The molecule has 0 unspecified atom stereocenters. The van der Waals surface area contributed by atoms with Gasteiger partial charge in [-0.3, -0.25) is 0 Å². The van der Waals surface area contributed by atoms with Crippen molar-refractivity contribution < 1.29 is 13.2 Å². The number of hydrogen-bond donors (Lipinski definition) is 2. The van der Waals surface area contributed by atoms with Gasteiger partial charge in [-0.05, 0) is 0 Å². The molecule has 1 aromatic rings. The maximum absolute atomic E-state index is 9.04. The fraction of sp³-hybridized carbons (Fsp3) is 0. The molecule has 0 aliphatic carbocycles. The summed E-state index contributed by atoms with van der Waals surface area (Å²) in [7, 11) is 0. The van der Waals surface area contributed by atoms with Crippen LogP contribution in [0.4, 0.5) is 0 Å². The van der Waals surface area contributed by atoms with Crippen LogP contribution in [0.1, 0.15) is 0 Å². The van der Waals surface area contributed by atoms with E-state index in [1.54, 1.807) is 12.1 Å². The van der Waals surface area contributed by atoms with Crippen LogP contribution in [0.3, 0.4) is 0 Å². The van der Waals surface area contributed by atoms with Crippen molar-refractivity contribution in [2.45, 2.75) is 0 Å². The zero-order chi connectivity index (χ0) is 7.56. The Kier molecular flexibility index (Phi) is 2.28. The van der Waals surface area contributed by atoms with E-state index < -0.39 is 0 Å². The average molecular weight is 249 g/mol. The first kappa shape index (κ1) is 7.54. The number of para-hydroxylation sites is 1. The predicted molar refractivity (Wildman–Crippen MR) is 38.9 cm³/mol. The van der Waals surface area contributed by atoms with Crippen LogP contribution in [0.5, 0.6) is 17.2 Å². The van der Waals surface area contributed by atoms with Crippen LogP contribution in [0.2, 0.25) is 0 Å². The third kappa shape index (κ3) is 1.29. The Labute approximate surface area is 72.3 Å². The first-order valence-electron chi connectivity index (χ1n) is 2.63. The molecule has 0 amide bonds. The molecule has 0 aromatic heterocycles. The molecule has 0 spiro atoms. The second-order valence-electron chi connectivity index (χ2n) is 1.74. The molecule has 0 saturated heterocycles. The summed E-state index contributed by atoms with van der Waals surface area (Å²) in [5.74, 6) is 0.00399. The van der Waals surface area contributed by atoms with Gasteiger partial charge in [0.25, 0.3) is 0 Å². The van der Waals surface area contributed by atoms with Gasteiger partial charge in [0.1, 0.15) is 0 Å². The zero-order valence-corrected chi connectivity index (χ0v) is 8.41. The SMILES string of the molecule is Oc1cccc([O][SbH2])c1O. The molecule has 0 bridgehead atoms. The normalized spacial score (nSPS) is 9.30. The molecule has 0 heterocycles. The van der Waals surface area contributed by atoms with Crippen LogP contribution in [-0.4, -0.2) is 33.7 Å². The van der Waals surface area contributed by atoms with Crippen molar-refractivity contribution in [3.63, 3.8) is 0 Å². The Morgan fingerprint density at radius 1 is 1.30 bits per heavy atom. The zero-order valence-electron chi connectivity index (χ0n) is 5.11. The van der Waals surface area contributed by atoms with Gasteiger partial charge in [-0.2, -0.15) is 0 Å². The summed E-state index contributed by atoms with van der Waals surface area (Å²) in [6, 6.07) is 4.61. The third-order valence-electron chi connectivity index (χ3n) is 1.10. The van der Waals surface area contributed by atoms with Crippen LogP contribution >= 0.6 is 0 Å². The van der Waals surface area contributed by atoms with E-state index in [2.05, 4.69) is 0 Å².